The Morgan fingerprint density at radius 2 is 2.09 bits per heavy atom. The maximum absolute atomic E-state index is 12.4. The number of ketones is 1. The van der Waals surface area contributed by atoms with Gasteiger partial charge in [-0.25, -0.2) is 0 Å². The summed E-state index contributed by atoms with van der Waals surface area (Å²) in [5, 5.41) is 5.94. The third-order valence-corrected chi connectivity index (χ3v) is 4.13. The Labute approximate surface area is 143 Å². The summed E-state index contributed by atoms with van der Waals surface area (Å²) in [5.41, 5.74) is 8.01. The number of carbonyl (C=O) groups excluding carboxylic acids is 1. The standard InChI is InChI=1S/C15H26N4O3.ClH/c1-4-5-9-21-10-13(20)14-15(16)22-17-19(14)18-11(2)7-6-8-12(18)3;/h11-12H,4-10H2,1-3H3,(H-,16,17,20);1H. The van der Waals surface area contributed by atoms with Crippen molar-refractivity contribution in [2.24, 2.45) is 0 Å². The second-order valence-electron chi connectivity index (χ2n) is 5.98. The molecular weight excluding hydrogens is 320 g/mol. The van der Waals surface area contributed by atoms with Gasteiger partial charge in [0.05, 0.1) is 16.9 Å². The number of nitrogens with zero attached hydrogens (tertiary/aromatic N) is 3. The number of piperidine rings is 1. The van der Waals surface area contributed by atoms with Crippen LogP contribution in [0.15, 0.2) is 4.52 Å². The van der Waals surface area contributed by atoms with Crippen LogP contribution in [0.25, 0.3) is 5.73 Å². The number of hydrogen-bond donors (Lipinski definition) is 0. The second-order valence-corrected chi connectivity index (χ2v) is 5.98. The third-order valence-electron chi connectivity index (χ3n) is 4.13. The van der Waals surface area contributed by atoms with E-state index in [1.165, 1.54) is 4.79 Å². The zero-order valence-electron chi connectivity index (χ0n) is 14.1. The maximum Gasteiger partial charge on any atom is 0.336 e. The Morgan fingerprint density at radius 3 is 2.70 bits per heavy atom. The van der Waals surface area contributed by atoms with E-state index in [9.17, 15) is 4.79 Å². The van der Waals surface area contributed by atoms with Gasteiger partial charge in [0.2, 0.25) is 5.27 Å². The Bertz CT molecular complexity index is 499. The van der Waals surface area contributed by atoms with E-state index in [2.05, 4.69) is 26.0 Å². The van der Waals surface area contributed by atoms with Crippen LogP contribution in [0.5, 0.6) is 0 Å². The molecule has 0 spiro atoms. The summed E-state index contributed by atoms with van der Waals surface area (Å²) in [5.74, 6) is -0.457. The first-order valence-electron chi connectivity index (χ1n) is 8.09. The Morgan fingerprint density at radius 1 is 1.43 bits per heavy atom. The number of nitrogens with one attached hydrogen (secondary N) is 1. The average Bonchev–Trinajstić information content (AvgIpc) is 2.85. The summed E-state index contributed by atoms with van der Waals surface area (Å²) in [6, 6.07) is 0.511. The first-order valence-corrected chi connectivity index (χ1v) is 8.09. The number of aromatic nitrogens is 2. The monoisotopic (exact) mass is 346 g/mol. The molecule has 0 bridgehead atoms. The summed E-state index contributed by atoms with van der Waals surface area (Å²) in [4.78, 5) is 13.8. The molecule has 8 heteroatoms. The quantitative estimate of drug-likeness (QED) is 0.430. The molecule has 0 amide bonds. The molecule has 1 aliphatic rings. The van der Waals surface area contributed by atoms with Gasteiger partial charge in [-0.15, -0.1) is 17.4 Å². The first-order chi connectivity index (χ1) is 10.6. The minimum atomic E-state index is -0.257. The molecule has 1 fully saturated rings. The molecule has 2 heterocycles. The smallest absolute Gasteiger partial charge is 0.336 e. The highest BCUT2D eigenvalue weighted by molar-refractivity contribution is 5.97. The SMILES string of the molecule is CCCCOCC(=O)c1c([NH-])on[n+]1N1C(C)CCCC1C.Cl. The normalized spacial score (nSPS) is 21.1. The summed E-state index contributed by atoms with van der Waals surface area (Å²) in [6.07, 6.45) is 5.18. The largest absolute Gasteiger partial charge is 0.659 e. The van der Waals surface area contributed by atoms with Crippen LogP contribution < -0.4 is 9.80 Å². The first kappa shape index (κ1) is 19.7. The summed E-state index contributed by atoms with van der Waals surface area (Å²) in [7, 11) is 0. The van der Waals surface area contributed by atoms with Crippen molar-refractivity contribution in [2.45, 2.75) is 65.0 Å². The number of rotatable bonds is 7. The summed E-state index contributed by atoms with van der Waals surface area (Å²) < 4.78 is 10.3. The average molecular weight is 347 g/mol. The van der Waals surface area contributed by atoms with Gasteiger partial charge in [-0.05, 0) is 39.5 Å². The fourth-order valence-electron chi connectivity index (χ4n) is 2.91. The highest BCUT2D eigenvalue weighted by atomic mass is 35.5. The van der Waals surface area contributed by atoms with E-state index >= 15 is 0 Å². The van der Waals surface area contributed by atoms with Crippen molar-refractivity contribution in [3.8, 4) is 0 Å². The molecule has 2 unspecified atom stereocenters. The predicted octanol–water partition coefficient (Wildman–Crippen LogP) is 2.97. The summed E-state index contributed by atoms with van der Waals surface area (Å²) >= 11 is 0. The molecule has 1 aromatic heterocycles. The fraction of sp³-hybridized carbons (Fsp3) is 0.800. The van der Waals surface area contributed by atoms with Crippen molar-refractivity contribution < 1.29 is 18.8 Å². The van der Waals surface area contributed by atoms with Gasteiger partial charge in [-0.2, -0.15) is 0 Å². The van der Waals surface area contributed by atoms with Crippen LogP contribution in [0, 0.1) is 0 Å². The third kappa shape index (κ3) is 4.57. The minimum absolute atomic E-state index is 0. The molecule has 0 radical (unpaired) electrons. The lowest BCUT2D eigenvalue weighted by Gasteiger charge is -2.32. The molecule has 132 valence electrons. The van der Waals surface area contributed by atoms with E-state index in [0.29, 0.717) is 6.61 Å². The molecule has 23 heavy (non-hydrogen) atoms. The van der Waals surface area contributed by atoms with Crippen LogP contribution in [0.1, 0.15) is 63.4 Å². The van der Waals surface area contributed by atoms with Crippen molar-refractivity contribution in [3.05, 3.63) is 11.4 Å². The van der Waals surface area contributed by atoms with Gasteiger partial charge in [-0.3, -0.25) is 4.79 Å². The number of ether oxygens (including phenoxy) is 1. The number of unbranched alkanes of at least 4 members (excludes halogenated alkanes) is 1. The van der Waals surface area contributed by atoms with Crippen LogP contribution in [-0.2, 0) is 4.74 Å². The zero-order chi connectivity index (χ0) is 16.1. The second kappa shape index (κ2) is 9.08. The van der Waals surface area contributed by atoms with Crippen molar-refractivity contribution in [1.82, 2.24) is 5.27 Å². The lowest BCUT2D eigenvalue weighted by Crippen LogP contribution is -2.69. The molecule has 2 atom stereocenters. The molecule has 0 aliphatic carbocycles. The number of halogens is 1. The van der Waals surface area contributed by atoms with E-state index < -0.39 is 0 Å². The maximum atomic E-state index is 12.4. The topological polar surface area (TPSA) is 83.2 Å². The van der Waals surface area contributed by atoms with Crippen molar-refractivity contribution in [3.63, 3.8) is 0 Å². The zero-order valence-corrected chi connectivity index (χ0v) is 14.9. The minimum Gasteiger partial charge on any atom is -0.659 e. The molecular formula is C15H27ClN4O3. The van der Waals surface area contributed by atoms with Crippen LogP contribution in [-0.4, -0.2) is 36.4 Å². The van der Waals surface area contributed by atoms with E-state index in [0.717, 1.165) is 32.1 Å². The Kier molecular flexibility index (Phi) is 7.78. The molecule has 0 saturated carbocycles. The summed E-state index contributed by atoms with van der Waals surface area (Å²) in [6.45, 7) is 6.79. The van der Waals surface area contributed by atoms with Gasteiger partial charge in [0, 0.05) is 6.61 Å². The Balaban J connectivity index is 0.00000264. The van der Waals surface area contributed by atoms with Gasteiger partial charge in [0.15, 0.2) is 0 Å². The van der Waals surface area contributed by atoms with E-state index in [4.69, 9.17) is 15.0 Å². The molecule has 0 aromatic carbocycles. The van der Waals surface area contributed by atoms with E-state index in [1.807, 2.05) is 5.01 Å². The molecule has 1 aromatic rings. The fourth-order valence-corrected chi connectivity index (χ4v) is 2.91. The van der Waals surface area contributed by atoms with Crippen LogP contribution in [0.4, 0.5) is 5.88 Å². The van der Waals surface area contributed by atoms with Crippen molar-refractivity contribution in [1.29, 1.82) is 0 Å². The van der Waals surface area contributed by atoms with Crippen molar-refractivity contribution in [2.75, 3.05) is 18.2 Å². The lowest BCUT2D eigenvalue weighted by atomic mass is 10.00. The lowest BCUT2D eigenvalue weighted by molar-refractivity contribution is -0.767. The van der Waals surface area contributed by atoms with E-state index in [-0.39, 0.29) is 48.5 Å². The highest BCUT2D eigenvalue weighted by Gasteiger charge is 2.39. The van der Waals surface area contributed by atoms with Crippen LogP contribution in [0.2, 0.25) is 0 Å². The predicted molar refractivity (Wildman–Crippen MR) is 89.0 cm³/mol. The number of carbonyl (C=O) groups is 1. The van der Waals surface area contributed by atoms with Crippen molar-refractivity contribution >= 4 is 24.1 Å². The molecule has 1 saturated heterocycles. The molecule has 7 nitrogen and oxygen atoms in total. The van der Waals surface area contributed by atoms with Gasteiger partial charge >= 0.3 is 5.69 Å². The van der Waals surface area contributed by atoms with Gasteiger partial charge < -0.3 is 15.0 Å². The number of Topliss-reactive ketones (excluding diaryl/α,β-unsaturated/α-hetero) is 1. The van der Waals surface area contributed by atoms with Gasteiger partial charge in [0.25, 0.3) is 5.78 Å². The van der Waals surface area contributed by atoms with E-state index in [1.54, 1.807) is 0 Å². The molecule has 1 N–H and O–H groups in total. The number of hydrogen-bond acceptors (Lipinski definition) is 5. The van der Waals surface area contributed by atoms with Gasteiger partial charge in [-0.1, -0.05) is 13.3 Å². The highest BCUT2D eigenvalue weighted by Crippen LogP contribution is 2.21. The Hall–Kier alpha value is -1.34. The van der Waals surface area contributed by atoms with Crippen LogP contribution in [0.3, 0.4) is 0 Å². The van der Waals surface area contributed by atoms with Gasteiger partial charge in [0.1, 0.15) is 12.5 Å². The molecule has 1 aliphatic heterocycles. The van der Waals surface area contributed by atoms with Crippen LogP contribution >= 0.6 is 12.4 Å². The molecule has 2 rings (SSSR count).